The summed E-state index contributed by atoms with van der Waals surface area (Å²) < 4.78 is 3.52. The first-order valence-electron chi connectivity index (χ1n) is 10.6. The molecule has 0 unspecified atom stereocenters. The van der Waals surface area contributed by atoms with Gasteiger partial charge in [0, 0.05) is 36.6 Å². The van der Waals surface area contributed by atoms with Crippen LogP contribution in [0.25, 0.3) is 44.9 Å². The van der Waals surface area contributed by atoms with Crippen molar-refractivity contribution in [2.75, 3.05) is 0 Å². The first kappa shape index (κ1) is 19.9. The van der Waals surface area contributed by atoms with E-state index >= 15 is 0 Å². The third-order valence-corrected chi connectivity index (χ3v) is 5.72. The quantitative estimate of drug-likeness (QED) is 0.452. The lowest BCUT2D eigenvalue weighted by Gasteiger charge is -2.08. The molecule has 0 spiro atoms. The van der Waals surface area contributed by atoms with E-state index in [0.29, 0.717) is 5.82 Å². The molecule has 0 amide bonds. The Bertz CT molecular complexity index is 1490. The Morgan fingerprint density at radius 2 is 1.72 bits per heavy atom. The van der Waals surface area contributed by atoms with Gasteiger partial charge in [-0.1, -0.05) is 29.8 Å². The van der Waals surface area contributed by atoms with Gasteiger partial charge in [-0.25, -0.2) is 19.7 Å². The molecule has 0 aliphatic carbocycles. The minimum absolute atomic E-state index is 0.0159. The van der Waals surface area contributed by atoms with Crippen molar-refractivity contribution in [3.63, 3.8) is 0 Å². The molecule has 160 valence electrons. The second-order valence-corrected chi connectivity index (χ2v) is 8.31. The summed E-state index contributed by atoms with van der Waals surface area (Å²) >= 11 is 0. The van der Waals surface area contributed by atoms with E-state index in [1.165, 1.54) is 6.33 Å². The van der Waals surface area contributed by atoms with Crippen molar-refractivity contribution in [1.29, 1.82) is 0 Å². The molecule has 3 aromatic heterocycles. The summed E-state index contributed by atoms with van der Waals surface area (Å²) in [6, 6.07) is 14.5. The molecule has 0 aliphatic heterocycles. The fourth-order valence-electron chi connectivity index (χ4n) is 4.16. The minimum Gasteiger partial charge on any atom is -0.337 e. The zero-order chi connectivity index (χ0) is 22.4. The summed E-state index contributed by atoms with van der Waals surface area (Å²) in [5.41, 5.74) is 7.48. The van der Waals surface area contributed by atoms with Crippen molar-refractivity contribution in [3.05, 3.63) is 77.2 Å². The number of nitrogens with one attached hydrogen (secondary N) is 1. The summed E-state index contributed by atoms with van der Waals surface area (Å²) in [5.74, 6) is 0.700. The number of rotatable bonds is 4. The maximum atomic E-state index is 12.8. The highest BCUT2D eigenvalue weighted by atomic mass is 16.1. The molecule has 5 rings (SSSR count). The number of aromatic amines is 1. The van der Waals surface area contributed by atoms with Crippen LogP contribution in [0.15, 0.2) is 66.0 Å². The molecule has 0 bridgehead atoms. The van der Waals surface area contributed by atoms with Crippen LogP contribution in [0.4, 0.5) is 0 Å². The number of hydrogen-bond acceptors (Lipinski definition) is 4. The Kier molecular flexibility index (Phi) is 4.74. The van der Waals surface area contributed by atoms with Crippen LogP contribution in [0.1, 0.15) is 25.5 Å². The Labute approximate surface area is 185 Å². The minimum atomic E-state index is -0.0159. The van der Waals surface area contributed by atoms with Crippen LogP contribution < -0.4 is 5.69 Å². The van der Waals surface area contributed by atoms with Crippen LogP contribution in [0.3, 0.4) is 0 Å². The molecular formula is C25H24N6O. The zero-order valence-electron chi connectivity index (χ0n) is 18.5. The SMILES string of the molecule is Cc1cccc(-c2nc(-c3cncnc3)[nH]c2-c2ccc3c(c2)n(C)c(=O)n3C(C)C)c1. The number of nitrogens with zero attached hydrogens (tertiary/aromatic N) is 5. The van der Waals surface area contributed by atoms with E-state index in [4.69, 9.17) is 4.98 Å². The van der Waals surface area contributed by atoms with Gasteiger partial charge in [-0.2, -0.15) is 0 Å². The summed E-state index contributed by atoms with van der Waals surface area (Å²) in [7, 11) is 1.81. The van der Waals surface area contributed by atoms with Crippen LogP contribution in [-0.4, -0.2) is 29.1 Å². The predicted octanol–water partition coefficient (Wildman–Crippen LogP) is 4.74. The van der Waals surface area contributed by atoms with E-state index in [-0.39, 0.29) is 11.7 Å². The lowest BCUT2D eigenvalue weighted by atomic mass is 10.0. The van der Waals surface area contributed by atoms with Crippen LogP contribution in [0.5, 0.6) is 0 Å². The maximum absolute atomic E-state index is 12.8. The maximum Gasteiger partial charge on any atom is 0.329 e. The zero-order valence-corrected chi connectivity index (χ0v) is 18.5. The van der Waals surface area contributed by atoms with E-state index in [1.807, 2.05) is 49.7 Å². The van der Waals surface area contributed by atoms with Crippen LogP contribution >= 0.6 is 0 Å². The van der Waals surface area contributed by atoms with Crippen LogP contribution in [0.2, 0.25) is 0 Å². The molecule has 0 saturated heterocycles. The van der Waals surface area contributed by atoms with Gasteiger partial charge in [0.25, 0.3) is 0 Å². The van der Waals surface area contributed by atoms with Crippen molar-refractivity contribution in [3.8, 4) is 33.9 Å². The van der Waals surface area contributed by atoms with Gasteiger partial charge >= 0.3 is 5.69 Å². The van der Waals surface area contributed by atoms with Crippen molar-refractivity contribution < 1.29 is 0 Å². The summed E-state index contributed by atoms with van der Waals surface area (Å²) in [6.45, 7) is 6.11. The Balaban J connectivity index is 1.75. The third kappa shape index (κ3) is 3.22. The molecule has 0 fully saturated rings. The van der Waals surface area contributed by atoms with Gasteiger partial charge in [0.2, 0.25) is 0 Å². The molecular weight excluding hydrogens is 400 g/mol. The largest absolute Gasteiger partial charge is 0.337 e. The summed E-state index contributed by atoms with van der Waals surface area (Å²) in [4.78, 5) is 29.4. The van der Waals surface area contributed by atoms with Gasteiger partial charge < -0.3 is 4.98 Å². The second kappa shape index (κ2) is 7.60. The van der Waals surface area contributed by atoms with E-state index in [2.05, 4.69) is 40.1 Å². The summed E-state index contributed by atoms with van der Waals surface area (Å²) in [6.07, 6.45) is 4.99. The van der Waals surface area contributed by atoms with E-state index in [9.17, 15) is 4.79 Å². The third-order valence-electron chi connectivity index (χ3n) is 5.72. The number of fused-ring (bicyclic) bond motifs is 1. The number of aryl methyl sites for hydroxylation is 2. The average Bonchev–Trinajstić information content (AvgIpc) is 3.34. The normalized spacial score (nSPS) is 11.5. The van der Waals surface area contributed by atoms with Gasteiger partial charge in [0.05, 0.1) is 28.0 Å². The van der Waals surface area contributed by atoms with Crippen LogP contribution in [0, 0.1) is 6.92 Å². The Morgan fingerprint density at radius 1 is 0.938 bits per heavy atom. The number of hydrogen-bond donors (Lipinski definition) is 1. The molecule has 0 aliphatic rings. The number of benzene rings is 2. The smallest absolute Gasteiger partial charge is 0.329 e. The number of aromatic nitrogens is 6. The molecule has 5 aromatic rings. The highest BCUT2D eigenvalue weighted by Crippen LogP contribution is 2.34. The lowest BCUT2D eigenvalue weighted by molar-refractivity contribution is 0.583. The molecule has 1 N–H and O–H groups in total. The first-order valence-corrected chi connectivity index (χ1v) is 10.6. The summed E-state index contributed by atoms with van der Waals surface area (Å²) in [5, 5.41) is 0. The highest BCUT2D eigenvalue weighted by Gasteiger charge is 2.19. The van der Waals surface area contributed by atoms with Gasteiger partial charge in [0.15, 0.2) is 0 Å². The molecule has 7 nitrogen and oxygen atoms in total. The second-order valence-electron chi connectivity index (χ2n) is 8.31. The van der Waals surface area contributed by atoms with Crippen molar-refractivity contribution in [2.45, 2.75) is 26.8 Å². The van der Waals surface area contributed by atoms with Crippen molar-refractivity contribution in [2.24, 2.45) is 7.05 Å². The Hall–Kier alpha value is -4.00. The van der Waals surface area contributed by atoms with Gasteiger partial charge in [-0.15, -0.1) is 0 Å². The van der Waals surface area contributed by atoms with E-state index in [0.717, 1.165) is 44.7 Å². The Morgan fingerprint density at radius 3 is 2.44 bits per heavy atom. The molecule has 0 atom stereocenters. The molecule has 3 heterocycles. The number of H-pyrrole nitrogens is 1. The molecule has 2 aromatic carbocycles. The first-order chi connectivity index (χ1) is 15.4. The van der Waals surface area contributed by atoms with Gasteiger partial charge in [-0.05, 0) is 39.0 Å². The topological polar surface area (TPSA) is 81.4 Å². The highest BCUT2D eigenvalue weighted by molar-refractivity contribution is 5.87. The van der Waals surface area contributed by atoms with Crippen molar-refractivity contribution in [1.82, 2.24) is 29.1 Å². The monoisotopic (exact) mass is 424 g/mol. The average molecular weight is 425 g/mol. The fourth-order valence-corrected chi connectivity index (χ4v) is 4.16. The lowest BCUT2D eigenvalue weighted by Crippen LogP contribution is -2.23. The molecule has 0 saturated carbocycles. The standard InChI is InChI=1S/C25H24N6O/c1-15(2)31-20-9-8-18(11-21(20)30(4)25(31)32)23-22(17-7-5-6-16(3)10-17)28-24(29-23)19-12-26-14-27-13-19/h5-15H,1-4H3,(H,28,29). The fraction of sp³-hybridized carbons (Fsp3) is 0.200. The molecule has 0 radical (unpaired) electrons. The predicted molar refractivity (Wildman–Crippen MR) is 126 cm³/mol. The van der Waals surface area contributed by atoms with Gasteiger partial charge in [-0.3, -0.25) is 9.13 Å². The van der Waals surface area contributed by atoms with E-state index < -0.39 is 0 Å². The van der Waals surface area contributed by atoms with E-state index in [1.54, 1.807) is 17.0 Å². The number of imidazole rings is 2. The molecule has 32 heavy (non-hydrogen) atoms. The van der Waals surface area contributed by atoms with Crippen molar-refractivity contribution >= 4 is 11.0 Å². The van der Waals surface area contributed by atoms with Gasteiger partial charge in [0.1, 0.15) is 12.2 Å². The molecule has 7 heteroatoms. The van der Waals surface area contributed by atoms with Crippen LogP contribution in [-0.2, 0) is 7.05 Å².